The van der Waals surface area contributed by atoms with E-state index in [0.29, 0.717) is 28.4 Å². The van der Waals surface area contributed by atoms with Crippen molar-refractivity contribution in [3.8, 4) is 45.2 Å². The van der Waals surface area contributed by atoms with E-state index in [9.17, 15) is 5.11 Å². The Morgan fingerprint density at radius 2 is 1.30 bits per heavy atom. The summed E-state index contributed by atoms with van der Waals surface area (Å²) in [6.45, 7) is 25.0. The van der Waals surface area contributed by atoms with E-state index in [1.54, 1.807) is 0 Å². The maximum atomic E-state index is 12.6. The van der Waals surface area contributed by atoms with Gasteiger partial charge < -0.3 is 5.11 Å². The molecule has 5 nitrogen and oxygen atoms in total. The summed E-state index contributed by atoms with van der Waals surface area (Å²) in [7, 11) is 0. The minimum atomic E-state index is -0.305. The molecule has 1 N–H and O–H groups in total. The summed E-state index contributed by atoms with van der Waals surface area (Å²) >= 11 is 0. The zero-order chi connectivity index (χ0) is 51.2. The maximum absolute atomic E-state index is 12.6. The Morgan fingerprint density at radius 3 is 1.99 bits per heavy atom. The number of hydrogen-bond acceptors (Lipinski definition) is 4. The standard InChI is InChI=1S/C68H80N4O/c1-42(2)53-37-48(47-25-32-67(10,11)33-26-47)20-23-59(53)72-60-24-21-52-43(3)70-57-22-19-50(38-54(57)61(52)62(60)71-64(72)55-40-51(65(4,5)6)41-56(63(55)73)66(7,8)9)58-39-49(29-36-69-58)45-17-15-44(16-18-45)46-27-34-68(35-28-46)30-13-12-14-31-68/h15-24,29,36-42,46-47,73H,12-14,25-28,30-35H2,1-11H3. The number of aromatic hydroxyl groups is 1. The number of nitrogens with zero attached hydrogens (tertiary/aromatic N) is 4. The summed E-state index contributed by atoms with van der Waals surface area (Å²) in [4.78, 5) is 16.0. The fourth-order valence-corrected chi connectivity index (χ4v) is 13.5. The van der Waals surface area contributed by atoms with Crippen molar-refractivity contribution in [3.05, 3.63) is 137 Å². The smallest absolute Gasteiger partial charge is 0.149 e. The highest BCUT2D eigenvalue weighted by molar-refractivity contribution is 6.19. The molecular weight excluding hydrogens is 889 g/mol. The molecule has 0 amide bonds. The van der Waals surface area contributed by atoms with Crippen LogP contribution in [0, 0.1) is 17.8 Å². The first kappa shape index (κ1) is 49.4. The highest BCUT2D eigenvalue weighted by Gasteiger charge is 2.37. The van der Waals surface area contributed by atoms with Crippen molar-refractivity contribution in [1.29, 1.82) is 0 Å². The Balaban J connectivity index is 1.06. The summed E-state index contributed by atoms with van der Waals surface area (Å²) in [5.41, 5.74) is 16.9. The van der Waals surface area contributed by atoms with Gasteiger partial charge in [-0.1, -0.05) is 143 Å². The second-order valence-electron chi connectivity index (χ2n) is 26.3. The summed E-state index contributed by atoms with van der Waals surface area (Å²) < 4.78 is 2.37. The molecule has 0 bridgehead atoms. The van der Waals surface area contributed by atoms with Crippen molar-refractivity contribution in [1.82, 2.24) is 19.5 Å². The molecule has 5 aromatic carbocycles. The SMILES string of the molecule is Cc1nc2ccc(-c3cc(-c4ccc(C5CCC6(CCCCC6)CC5)cc4)ccn3)cc2c2c1ccc1c2nc(-c2cc(C(C)(C)C)cc(C(C)(C)C)c2O)n1-c1ccc(C2CCC(C)(C)CC2)cc1C(C)C. The van der Waals surface area contributed by atoms with E-state index in [1.807, 2.05) is 6.20 Å². The van der Waals surface area contributed by atoms with Gasteiger partial charge in [-0.3, -0.25) is 14.5 Å². The molecule has 73 heavy (non-hydrogen) atoms. The first-order chi connectivity index (χ1) is 34.8. The third kappa shape index (κ3) is 9.31. The molecule has 3 aromatic heterocycles. The number of phenols is 1. The number of hydrogen-bond donors (Lipinski definition) is 1. The monoisotopic (exact) mass is 969 g/mol. The van der Waals surface area contributed by atoms with Crippen LogP contribution in [0.15, 0.2) is 103 Å². The lowest BCUT2D eigenvalue weighted by atomic mass is 9.62. The Labute approximate surface area is 436 Å². The second-order valence-corrected chi connectivity index (χ2v) is 26.3. The highest BCUT2D eigenvalue weighted by atomic mass is 16.3. The summed E-state index contributed by atoms with van der Waals surface area (Å²) in [5, 5.41) is 15.8. The number of fused-ring (bicyclic) bond motifs is 5. The average molecular weight is 969 g/mol. The molecule has 0 atom stereocenters. The van der Waals surface area contributed by atoms with Crippen LogP contribution < -0.4 is 0 Å². The molecule has 5 heteroatoms. The number of rotatable bonds is 7. The molecular formula is C68H80N4O. The van der Waals surface area contributed by atoms with Crippen molar-refractivity contribution in [2.75, 3.05) is 0 Å². The van der Waals surface area contributed by atoms with Gasteiger partial charge >= 0.3 is 0 Å². The van der Waals surface area contributed by atoms with Crippen LogP contribution in [0.2, 0.25) is 0 Å². The van der Waals surface area contributed by atoms with E-state index in [2.05, 4.69) is 178 Å². The van der Waals surface area contributed by atoms with Crippen LogP contribution in [0.1, 0.15) is 204 Å². The first-order valence-electron chi connectivity index (χ1n) is 28.1. The van der Waals surface area contributed by atoms with Gasteiger partial charge in [-0.15, -0.1) is 0 Å². The normalized spacial score (nSPS) is 17.9. The van der Waals surface area contributed by atoms with Crippen LogP contribution in [0.4, 0.5) is 0 Å². The van der Waals surface area contributed by atoms with E-state index in [0.717, 1.165) is 72.3 Å². The van der Waals surface area contributed by atoms with Crippen LogP contribution in [0.25, 0.3) is 72.2 Å². The molecule has 3 fully saturated rings. The molecule has 3 aliphatic carbocycles. The van der Waals surface area contributed by atoms with Gasteiger partial charge in [0, 0.05) is 39.2 Å². The van der Waals surface area contributed by atoms with Crippen molar-refractivity contribution in [3.63, 3.8) is 0 Å². The maximum Gasteiger partial charge on any atom is 0.149 e. The van der Waals surface area contributed by atoms with Gasteiger partial charge in [0.15, 0.2) is 0 Å². The predicted octanol–water partition coefficient (Wildman–Crippen LogP) is 19.1. The lowest BCUT2D eigenvalue weighted by Crippen LogP contribution is -2.29. The lowest BCUT2D eigenvalue weighted by molar-refractivity contribution is 0.114. The molecule has 0 aliphatic heterocycles. The van der Waals surface area contributed by atoms with Crippen LogP contribution >= 0.6 is 0 Å². The average Bonchev–Trinajstić information content (AvgIpc) is 3.76. The van der Waals surface area contributed by atoms with Crippen molar-refractivity contribution in [2.24, 2.45) is 10.8 Å². The van der Waals surface area contributed by atoms with Crippen molar-refractivity contribution in [2.45, 2.75) is 188 Å². The number of phenolic OH excluding ortho intramolecular Hbond substituents is 1. The number of benzene rings is 5. The fraction of sp³-hybridized carbons (Fsp3) is 0.456. The van der Waals surface area contributed by atoms with Gasteiger partial charge in [-0.2, -0.15) is 0 Å². The quantitative estimate of drug-likeness (QED) is 0.162. The van der Waals surface area contributed by atoms with Crippen LogP contribution in [-0.4, -0.2) is 24.6 Å². The number of pyridine rings is 2. The summed E-state index contributed by atoms with van der Waals surface area (Å²) in [6.07, 6.45) is 19.5. The third-order valence-corrected chi connectivity index (χ3v) is 18.3. The predicted molar refractivity (Wildman–Crippen MR) is 308 cm³/mol. The summed E-state index contributed by atoms with van der Waals surface area (Å²) in [5.74, 6) is 2.52. The molecule has 3 aliphatic rings. The van der Waals surface area contributed by atoms with E-state index in [-0.39, 0.29) is 16.7 Å². The number of imidazole rings is 1. The molecule has 8 aromatic rings. The number of aryl methyl sites for hydroxylation is 1. The van der Waals surface area contributed by atoms with Crippen molar-refractivity contribution >= 4 is 32.7 Å². The van der Waals surface area contributed by atoms with Gasteiger partial charge in [0.05, 0.1) is 33.5 Å². The Morgan fingerprint density at radius 1 is 0.630 bits per heavy atom. The minimum absolute atomic E-state index is 0.164. The van der Waals surface area contributed by atoms with E-state index in [1.165, 1.54) is 117 Å². The minimum Gasteiger partial charge on any atom is -0.507 e. The molecule has 0 saturated heterocycles. The molecule has 11 rings (SSSR count). The third-order valence-electron chi connectivity index (χ3n) is 18.3. The first-order valence-corrected chi connectivity index (χ1v) is 28.1. The van der Waals surface area contributed by atoms with Gasteiger partial charge in [0.2, 0.25) is 0 Å². The Bertz CT molecular complexity index is 3370. The largest absolute Gasteiger partial charge is 0.507 e. The second kappa shape index (κ2) is 18.5. The number of aromatic nitrogens is 4. The van der Waals surface area contributed by atoms with Crippen molar-refractivity contribution < 1.29 is 5.11 Å². The Kier molecular flexibility index (Phi) is 12.5. The van der Waals surface area contributed by atoms with Gasteiger partial charge in [-0.05, 0) is 186 Å². The van der Waals surface area contributed by atoms with Gasteiger partial charge in [0.1, 0.15) is 11.6 Å². The topological polar surface area (TPSA) is 63.8 Å². The van der Waals surface area contributed by atoms with Crippen LogP contribution in [0.3, 0.4) is 0 Å². The summed E-state index contributed by atoms with van der Waals surface area (Å²) in [6, 6.07) is 36.6. The van der Waals surface area contributed by atoms with Crippen LogP contribution in [-0.2, 0) is 10.8 Å². The van der Waals surface area contributed by atoms with E-state index < -0.39 is 0 Å². The molecule has 3 heterocycles. The van der Waals surface area contributed by atoms with Crippen LogP contribution in [0.5, 0.6) is 5.75 Å². The fourth-order valence-electron chi connectivity index (χ4n) is 13.5. The molecule has 1 spiro atoms. The zero-order valence-electron chi connectivity index (χ0n) is 46.0. The lowest BCUT2D eigenvalue weighted by Gasteiger charge is -2.43. The van der Waals surface area contributed by atoms with E-state index >= 15 is 0 Å². The highest BCUT2D eigenvalue weighted by Crippen LogP contribution is 2.52. The Hall–Kier alpha value is -5.81. The zero-order valence-corrected chi connectivity index (χ0v) is 46.0. The molecule has 378 valence electrons. The van der Waals surface area contributed by atoms with Gasteiger partial charge in [-0.25, -0.2) is 4.98 Å². The molecule has 3 saturated carbocycles. The van der Waals surface area contributed by atoms with Gasteiger partial charge in [0.25, 0.3) is 0 Å². The molecule has 0 unspecified atom stereocenters. The van der Waals surface area contributed by atoms with E-state index in [4.69, 9.17) is 15.0 Å². The molecule has 0 radical (unpaired) electrons.